The van der Waals surface area contributed by atoms with E-state index >= 15 is 0 Å². The van der Waals surface area contributed by atoms with Crippen molar-refractivity contribution in [2.75, 3.05) is 18.5 Å². The number of carbonyl (C=O) groups is 3. The SMILES string of the molecule is CCOC(=O)CCC(=O)N1CCc2nc(NC(=O)c3ccccn3)sc2C1. The fourth-order valence-electron chi connectivity index (χ4n) is 2.72. The Morgan fingerprint density at radius 2 is 2.15 bits per heavy atom. The molecule has 3 heterocycles. The van der Waals surface area contributed by atoms with Gasteiger partial charge in [0.25, 0.3) is 5.91 Å². The molecule has 8 nitrogen and oxygen atoms in total. The van der Waals surface area contributed by atoms with Crippen LogP contribution in [0.3, 0.4) is 0 Å². The molecule has 0 aliphatic carbocycles. The number of aromatic nitrogens is 2. The summed E-state index contributed by atoms with van der Waals surface area (Å²) in [6, 6.07) is 5.12. The lowest BCUT2D eigenvalue weighted by Crippen LogP contribution is -2.35. The summed E-state index contributed by atoms with van der Waals surface area (Å²) in [7, 11) is 0. The van der Waals surface area contributed by atoms with Gasteiger partial charge in [-0.15, -0.1) is 0 Å². The molecule has 0 saturated heterocycles. The fourth-order valence-corrected chi connectivity index (χ4v) is 3.74. The van der Waals surface area contributed by atoms with Crippen LogP contribution in [0.2, 0.25) is 0 Å². The first-order valence-corrected chi connectivity index (χ1v) is 9.52. The van der Waals surface area contributed by atoms with Gasteiger partial charge in [-0.05, 0) is 19.1 Å². The first kappa shape index (κ1) is 19.0. The molecule has 0 saturated carbocycles. The Balaban J connectivity index is 1.58. The highest BCUT2D eigenvalue weighted by molar-refractivity contribution is 7.15. The van der Waals surface area contributed by atoms with Gasteiger partial charge in [0.15, 0.2) is 5.13 Å². The lowest BCUT2D eigenvalue weighted by Gasteiger charge is -2.26. The number of ether oxygens (including phenoxy) is 1. The van der Waals surface area contributed by atoms with Gasteiger partial charge >= 0.3 is 5.97 Å². The van der Waals surface area contributed by atoms with Crippen LogP contribution in [0.5, 0.6) is 0 Å². The van der Waals surface area contributed by atoms with E-state index < -0.39 is 0 Å². The number of esters is 1. The van der Waals surface area contributed by atoms with Crippen molar-refractivity contribution in [2.45, 2.75) is 32.7 Å². The first-order chi connectivity index (χ1) is 13.1. The standard InChI is InChI=1S/C18H20N4O4S/c1-2-26-16(24)7-6-15(23)22-10-8-12-14(11-22)27-18(20-12)21-17(25)13-5-3-4-9-19-13/h3-5,9H,2,6-8,10-11H2,1H3,(H,20,21,25). The van der Waals surface area contributed by atoms with E-state index in [0.717, 1.165) is 10.6 Å². The molecule has 142 valence electrons. The van der Waals surface area contributed by atoms with Crippen molar-refractivity contribution < 1.29 is 19.1 Å². The van der Waals surface area contributed by atoms with Crippen LogP contribution in [0.15, 0.2) is 24.4 Å². The maximum Gasteiger partial charge on any atom is 0.306 e. The van der Waals surface area contributed by atoms with Crippen molar-refractivity contribution in [3.63, 3.8) is 0 Å². The molecule has 0 unspecified atom stereocenters. The molecule has 1 aliphatic heterocycles. The Labute approximate surface area is 160 Å². The van der Waals surface area contributed by atoms with Gasteiger partial charge in [0.1, 0.15) is 5.69 Å². The number of pyridine rings is 1. The summed E-state index contributed by atoms with van der Waals surface area (Å²) in [4.78, 5) is 47.0. The van der Waals surface area contributed by atoms with Gasteiger partial charge in [-0.1, -0.05) is 17.4 Å². The minimum atomic E-state index is -0.360. The van der Waals surface area contributed by atoms with Gasteiger partial charge < -0.3 is 9.64 Å². The average Bonchev–Trinajstić information content (AvgIpc) is 3.08. The van der Waals surface area contributed by atoms with Crippen molar-refractivity contribution in [1.82, 2.24) is 14.9 Å². The molecule has 2 aromatic rings. The summed E-state index contributed by atoms with van der Waals surface area (Å²) in [5.74, 6) is -0.758. The number of nitrogens with one attached hydrogen (secondary N) is 1. The maximum absolute atomic E-state index is 12.3. The van der Waals surface area contributed by atoms with Crippen molar-refractivity contribution in [2.24, 2.45) is 0 Å². The van der Waals surface area contributed by atoms with Crippen LogP contribution in [0, 0.1) is 0 Å². The maximum atomic E-state index is 12.3. The molecule has 1 aliphatic rings. The van der Waals surface area contributed by atoms with Gasteiger partial charge in [-0.3, -0.25) is 24.7 Å². The first-order valence-electron chi connectivity index (χ1n) is 8.71. The van der Waals surface area contributed by atoms with E-state index in [1.54, 1.807) is 36.2 Å². The van der Waals surface area contributed by atoms with E-state index in [2.05, 4.69) is 15.3 Å². The lowest BCUT2D eigenvalue weighted by atomic mass is 10.1. The monoisotopic (exact) mass is 388 g/mol. The zero-order chi connectivity index (χ0) is 19.2. The third kappa shape index (κ3) is 4.88. The third-order valence-electron chi connectivity index (χ3n) is 4.05. The highest BCUT2D eigenvalue weighted by Gasteiger charge is 2.25. The molecule has 0 fully saturated rings. The zero-order valence-corrected chi connectivity index (χ0v) is 15.8. The van der Waals surface area contributed by atoms with Gasteiger partial charge in [0.2, 0.25) is 5.91 Å². The molecule has 9 heteroatoms. The Hall–Kier alpha value is -2.81. The molecule has 0 radical (unpaired) electrons. The van der Waals surface area contributed by atoms with Gasteiger partial charge in [0.05, 0.1) is 25.3 Å². The molecule has 2 aromatic heterocycles. The van der Waals surface area contributed by atoms with Gasteiger partial charge in [0, 0.05) is 30.5 Å². The predicted octanol–water partition coefficient (Wildman–Crippen LogP) is 2.02. The molecular weight excluding hydrogens is 368 g/mol. The third-order valence-corrected chi connectivity index (χ3v) is 5.05. The number of thiazole rings is 1. The summed E-state index contributed by atoms with van der Waals surface area (Å²) >= 11 is 1.36. The Kier molecular flexibility index (Phi) is 6.12. The van der Waals surface area contributed by atoms with Crippen molar-refractivity contribution in [3.05, 3.63) is 40.7 Å². The van der Waals surface area contributed by atoms with Gasteiger partial charge in [-0.2, -0.15) is 0 Å². The Morgan fingerprint density at radius 1 is 1.30 bits per heavy atom. The molecule has 3 rings (SSSR count). The number of carbonyl (C=O) groups excluding carboxylic acids is 3. The van der Waals surface area contributed by atoms with Crippen LogP contribution in [0.25, 0.3) is 0 Å². The Bertz CT molecular complexity index is 837. The van der Waals surface area contributed by atoms with Crippen LogP contribution in [0.1, 0.15) is 40.8 Å². The minimum Gasteiger partial charge on any atom is -0.466 e. The van der Waals surface area contributed by atoms with Crippen molar-refractivity contribution in [3.8, 4) is 0 Å². The van der Waals surface area contributed by atoms with Crippen molar-refractivity contribution >= 4 is 34.3 Å². The van der Waals surface area contributed by atoms with Crippen LogP contribution >= 0.6 is 11.3 Å². The summed E-state index contributed by atoms with van der Waals surface area (Å²) in [6.07, 6.45) is 2.40. The molecule has 2 amide bonds. The van der Waals surface area contributed by atoms with Gasteiger partial charge in [-0.25, -0.2) is 4.98 Å². The van der Waals surface area contributed by atoms with E-state index in [-0.39, 0.29) is 30.6 Å². The summed E-state index contributed by atoms with van der Waals surface area (Å²) in [6.45, 7) is 3.04. The van der Waals surface area contributed by atoms with E-state index in [0.29, 0.717) is 36.9 Å². The average molecular weight is 388 g/mol. The second-order valence-corrected chi connectivity index (χ2v) is 7.01. The van der Waals surface area contributed by atoms with E-state index in [9.17, 15) is 14.4 Å². The zero-order valence-electron chi connectivity index (χ0n) is 14.9. The number of rotatable bonds is 6. The number of hydrogen-bond acceptors (Lipinski definition) is 7. The summed E-state index contributed by atoms with van der Waals surface area (Å²) in [5, 5.41) is 3.25. The number of anilines is 1. The number of hydrogen-bond donors (Lipinski definition) is 1. The lowest BCUT2D eigenvalue weighted by molar-refractivity contribution is -0.145. The molecule has 0 aromatic carbocycles. The Morgan fingerprint density at radius 3 is 2.89 bits per heavy atom. The fraction of sp³-hybridized carbons (Fsp3) is 0.389. The van der Waals surface area contributed by atoms with E-state index in [1.807, 2.05) is 0 Å². The second kappa shape index (κ2) is 8.72. The quantitative estimate of drug-likeness (QED) is 0.760. The van der Waals surface area contributed by atoms with E-state index in [1.165, 1.54) is 11.3 Å². The highest BCUT2D eigenvalue weighted by Crippen LogP contribution is 2.29. The van der Waals surface area contributed by atoms with E-state index in [4.69, 9.17) is 4.74 Å². The number of nitrogens with zero attached hydrogens (tertiary/aromatic N) is 3. The summed E-state index contributed by atoms with van der Waals surface area (Å²) in [5.41, 5.74) is 1.22. The summed E-state index contributed by atoms with van der Waals surface area (Å²) < 4.78 is 4.85. The second-order valence-electron chi connectivity index (χ2n) is 5.93. The van der Waals surface area contributed by atoms with Crippen molar-refractivity contribution in [1.29, 1.82) is 0 Å². The predicted molar refractivity (Wildman–Crippen MR) is 99.3 cm³/mol. The van der Waals surface area contributed by atoms with Crippen LogP contribution in [-0.4, -0.2) is 45.8 Å². The molecule has 0 spiro atoms. The molecule has 27 heavy (non-hydrogen) atoms. The molecule has 0 atom stereocenters. The number of fused-ring (bicyclic) bond motifs is 1. The topological polar surface area (TPSA) is 101 Å². The van der Waals surface area contributed by atoms with Crippen LogP contribution in [0.4, 0.5) is 5.13 Å². The highest BCUT2D eigenvalue weighted by atomic mass is 32.1. The molecular formula is C18H20N4O4S. The van der Waals surface area contributed by atoms with Crippen LogP contribution in [-0.2, 0) is 27.3 Å². The number of amides is 2. The van der Waals surface area contributed by atoms with Crippen LogP contribution < -0.4 is 5.32 Å². The molecule has 1 N–H and O–H groups in total. The minimum absolute atomic E-state index is 0.0822. The normalized spacial score (nSPS) is 13.0. The largest absolute Gasteiger partial charge is 0.466 e. The smallest absolute Gasteiger partial charge is 0.306 e. The molecule has 0 bridgehead atoms.